The van der Waals surface area contributed by atoms with Gasteiger partial charge in [0, 0.05) is 38.5 Å². The lowest BCUT2D eigenvalue weighted by molar-refractivity contribution is -0.137. The molecule has 2 rings (SSSR count). The first-order chi connectivity index (χ1) is 12.1. The van der Waals surface area contributed by atoms with E-state index in [1.807, 2.05) is 13.8 Å². The van der Waals surface area contributed by atoms with E-state index in [1.165, 1.54) is 6.07 Å². The van der Waals surface area contributed by atoms with Crippen LogP contribution in [0.15, 0.2) is 24.3 Å². The third-order valence-electron chi connectivity index (χ3n) is 5.06. The van der Waals surface area contributed by atoms with Crippen LogP contribution in [0.2, 0.25) is 0 Å². The molecule has 26 heavy (non-hydrogen) atoms. The number of carbonyl (C=O) groups is 2. The van der Waals surface area contributed by atoms with E-state index in [0.29, 0.717) is 12.0 Å². The molecule has 1 saturated heterocycles. The van der Waals surface area contributed by atoms with Gasteiger partial charge in [-0.3, -0.25) is 9.59 Å². The zero-order valence-corrected chi connectivity index (χ0v) is 15.5. The molecule has 0 aliphatic carbocycles. The quantitative estimate of drug-likeness (QED) is 0.814. The smallest absolute Gasteiger partial charge is 0.343 e. The molecule has 0 N–H and O–H groups in total. The second kappa shape index (κ2) is 7.68. The monoisotopic (exact) mass is 370 g/mol. The Morgan fingerprint density at radius 2 is 1.92 bits per heavy atom. The molecular formula is C19H25F3N2O2. The van der Waals surface area contributed by atoms with Gasteiger partial charge in [0.05, 0.1) is 11.5 Å². The third-order valence-corrected chi connectivity index (χ3v) is 5.06. The van der Waals surface area contributed by atoms with Crippen molar-refractivity contribution in [1.82, 2.24) is 9.80 Å². The van der Waals surface area contributed by atoms with Crippen LogP contribution in [0.4, 0.5) is 13.2 Å². The summed E-state index contributed by atoms with van der Waals surface area (Å²) in [5.74, 6) is -1.22. The Kier molecular flexibility index (Phi) is 5.98. The number of hydrogen-bond acceptors (Lipinski definition) is 2. The van der Waals surface area contributed by atoms with Gasteiger partial charge in [0.2, 0.25) is 11.8 Å². The summed E-state index contributed by atoms with van der Waals surface area (Å²) in [5, 5.41) is 0. The van der Waals surface area contributed by atoms with Gasteiger partial charge in [-0.05, 0) is 25.5 Å². The largest absolute Gasteiger partial charge is 0.416 e. The minimum atomic E-state index is -4.44. The third kappa shape index (κ3) is 4.19. The van der Waals surface area contributed by atoms with Crippen molar-refractivity contribution in [3.8, 4) is 0 Å². The summed E-state index contributed by atoms with van der Waals surface area (Å²) in [6.45, 7) is 5.99. The molecule has 1 aliphatic rings. The Hall–Kier alpha value is -2.05. The van der Waals surface area contributed by atoms with Gasteiger partial charge in [-0.25, -0.2) is 0 Å². The Labute approximate surface area is 152 Å². The molecule has 144 valence electrons. The number of likely N-dealkylation sites (tertiary alicyclic amines) is 1. The van der Waals surface area contributed by atoms with Gasteiger partial charge < -0.3 is 9.80 Å². The highest BCUT2D eigenvalue weighted by Gasteiger charge is 2.42. The highest BCUT2D eigenvalue weighted by atomic mass is 19.4. The molecule has 1 aromatic carbocycles. The second-order valence-electron chi connectivity index (χ2n) is 7.03. The fourth-order valence-corrected chi connectivity index (χ4v) is 3.28. The van der Waals surface area contributed by atoms with E-state index in [-0.39, 0.29) is 30.9 Å². The molecule has 2 unspecified atom stereocenters. The molecule has 0 radical (unpaired) electrons. The number of carbonyl (C=O) groups excluding carboxylic acids is 2. The normalized spacial score (nSPS) is 20.5. The predicted molar refractivity (Wildman–Crippen MR) is 92.5 cm³/mol. The maximum atomic E-state index is 13.1. The zero-order chi connectivity index (χ0) is 19.6. The van der Waals surface area contributed by atoms with Crippen LogP contribution in [0.5, 0.6) is 0 Å². The van der Waals surface area contributed by atoms with E-state index < -0.39 is 23.6 Å². The molecule has 1 aliphatic heterocycles. The number of halogens is 3. The first-order valence-electron chi connectivity index (χ1n) is 8.77. The van der Waals surface area contributed by atoms with Crippen LogP contribution >= 0.6 is 0 Å². The van der Waals surface area contributed by atoms with Crippen molar-refractivity contribution in [3.63, 3.8) is 0 Å². The van der Waals surface area contributed by atoms with Crippen molar-refractivity contribution in [2.45, 2.75) is 45.3 Å². The number of benzene rings is 1. The summed E-state index contributed by atoms with van der Waals surface area (Å²) in [4.78, 5) is 28.2. The minimum Gasteiger partial charge on any atom is -0.343 e. The summed E-state index contributed by atoms with van der Waals surface area (Å²) in [7, 11) is 1.68. The molecule has 1 aromatic rings. The fraction of sp³-hybridized carbons (Fsp3) is 0.579. The average molecular weight is 370 g/mol. The van der Waals surface area contributed by atoms with Gasteiger partial charge in [-0.2, -0.15) is 13.2 Å². The van der Waals surface area contributed by atoms with Crippen molar-refractivity contribution in [2.75, 3.05) is 20.1 Å². The van der Waals surface area contributed by atoms with E-state index >= 15 is 0 Å². The summed E-state index contributed by atoms with van der Waals surface area (Å²) in [6, 6.07) is 5.05. The minimum absolute atomic E-state index is 0.0272. The molecule has 2 atom stereocenters. The summed E-state index contributed by atoms with van der Waals surface area (Å²) in [6.07, 6.45) is -4.14. The average Bonchev–Trinajstić information content (AvgIpc) is 3.04. The van der Waals surface area contributed by atoms with Gasteiger partial charge in [0.1, 0.15) is 0 Å². The van der Waals surface area contributed by atoms with Crippen LogP contribution in [-0.4, -0.2) is 47.8 Å². The maximum Gasteiger partial charge on any atom is 0.416 e. The second-order valence-corrected chi connectivity index (χ2v) is 7.03. The molecule has 7 heteroatoms. The molecular weight excluding hydrogens is 345 g/mol. The number of rotatable bonds is 4. The van der Waals surface area contributed by atoms with Crippen molar-refractivity contribution < 1.29 is 22.8 Å². The number of alkyl halides is 3. The summed E-state index contributed by atoms with van der Waals surface area (Å²) in [5.41, 5.74) is -0.291. The Morgan fingerprint density at radius 3 is 2.46 bits per heavy atom. The van der Waals surface area contributed by atoms with Crippen LogP contribution in [-0.2, 0) is 15.8 Å². The Balaban J connectivity index is 2.39. The van der Waals surface area contributed by atoms with E-state index in [2.05, 4.69) is 0 Å². The lowest BCUT2D eigenvalue weighted by atomic mass is 9.87. The Bertz CT molecular complexity index is 673. The molecule has 4 nitrogen and oxygen atoms in total. The molecule has 1 heterocycles. The summed E-state index contributed by atoms with van der Waals surface area (Å²) < 4.78 is 39.2. The first-order valence-corrected chi connectivity index (χ1v) is 8.77. The SMILES string of the molecule is CCC(=O)N1CC(C(=O)N(C)C(C)C)C(c2cccc(C(F)(F)F)c2)C1. The van der Waals surface area contributed by atoms with Crippen LogP contribution in [0.1, 0.15) is 44.2 Å². The van der Waals surface area contributed by atoms with Gasteiger partial charge >= 0.3 is 6.18 Å². The van der Waals surface area contributed by atoms with Crippen LogP contribution in [0.25, 0.3) is 0 Å². The lowest BCUT2D eigenvalue weighted by Crippen LogP contribution is -2.40. The van der Waals surface area contributed by atoms with Gasteiger partial charge in [-0.1, -0.05) is 25.1 Å². The number of amides is 2. The maximum absolute atomic E-state index is 13.1. The first kappa shape index (κ1) is 20.3. The van der Waals surface area contributed by atoms with E-state index in [1.54, 1.807) is 29.8 Å². The molecule has 0 saturated carbocycles. The standard InChI is InChI=1S/C19H25F3N2O2/c1-5-17(25)24-10-15(16(11-24)18(26)23(4)12(2)3)13-7-6-8-14(9-13)19(20,21)22/h6-9,12,15-16H,5,10-11H2,1-4H3. The fourth-order valence-electron chi connectivity index (χ4n) is 3.28. The topological polar surface area (TPSA) is 40.6 Å². The molecule has 1 fully saturated rings. The van der Waals surface area contributed by atoms with E-state index in [9.17, 15) is 22.8 Å². The van der Waals surface area contributed by atoms with Crippen molar-refractivity contribution in [2.24, 2.45) is 5.92 Å². The summed E-state index contributed by atoms with van der Waals surface area (Å²) >= 11 is 0. The van der Waals surface area contributed by atoms with E-state index in [0.717, 1.165) is 12.1 Å². The number of hydrogen-bond donors (Lipinski definition) is 0. The molecule has 0 bridgehead atoms. The molecule has 0 aromatic heterocycles. The van der Waals surface area contributed by atoms with Crippen LogP contribution in [0, 0.1) is 5.92 Å². The van der Waals surface area contributed by atoms with Crippen molar-refractivity contribution in [1.29, 1.82) is 0 Å². The van der Waals surface area contributed by atoms with Crippen molar-refractivity contribution in [3.05, 3.63) is 35.4 Å². The van der Waals surface area contributed by atoms with Crippen molar-refractivity contribution >= 4 is 11.8 Å². The number of nitrogens with zero attached hydrogens (tertiary/aromatic N) is 2. The molecule has 0 spiro atoms. The van der Waals surface area contributed by atoms with Crippen LogP contribution in [0.3, 0.4) is 0 Å². The van der Waals surface area contributed by atoms with Gasteiger partial charge in [0.15, 0.2) is 0 Å². The van der Waals surface area contributed by atoms with E-state index in [4.69, 9.17) is 0 Å². The predicted octanol–water partition coefficient (Wildman–Crippen LogP) is 3.52. The van der Waals surface area contributed by atoms with Crippen LogP contribution < -0.4 is 0 Å². The Morgan fingerprint density at radius 1 is 1.27 bits per heavy atom. The zero-order valence-electron chi connectivity index (χ0n) is 15.5. The van der Waals surface area contributed by atoms with Gasteiger partial charge in [-0.15, -0.1) is 0 Å². The highest BCUT2D eigenvalue weighted by molar-refractivity contribution is 5.83. The lowest BCUT2D eigenvalue weighted by Gasteiger charge is -2.27. The highest BCUT2D eigenvalue weighted by Crippen LogP contribution is 2.37. The molecule has 2 amide bonds. The van der Waals surface area contributed by atoms with Gasteiger partial charge in [0.25, 0.3) is 0 Å².